The van der Waals surface area contributed by atoms with Gasteiger partial charge in [-0.05, 0) is 32.0 Å². The molecule has 1 amide bonds. The fraction of sp³-hybridized carbons (Fsp3) is 0.350. The Balaban J connectivity index is 1.75. The van der Waals surface area contributed by atoms with Gasteiger partial charge in [0.1, 0.15) is 23.7 Å². The average molecular weight is 392 g/mol. The van der Waals surface area contributed by atoms with Gasteiger partial charge in [0.25, 0.3) is 5.91 Å². The van der Waals surface area contributed by atoms with Crippen molar-refractivity contribution in [1.29, 1.82) is 0 Å². The van der Waals surface area contributed by atoms with Crippen molar-refractivity contribution in [3.63, 3.8) is 0 Å². The Morgan fingerprint density at radius 1 is 1.28 bits per heavy atom. The lowest BCUT2D eigenvalue weighted by molar-refractivity contribution is 0.0996. The lowest BCUT2D eigenvalue weighted by atomic mass is 10.0. The minimum Gasteiger partial charge on any atom is -0.363 e. The molecule has 29 heavy (non-hydrogen) atoms. The molecule has 0 bridgehead atoms. The van der Waals surface area contributed by atoms with E-state index < -0.39 is 0 Å². The number of nitrogens with zero attached hydrogens (tertiary/aromatic N) is 7. The monoisotopic (exact) mass is 392 g/mol. The fourth-order valence-corrected chi connectivity index (χ4v) is 3.48. The zero-order chi connectivity index (χ0) is 20.7. The van der Waals surface area contributed by atoms with Crippen LogP contribution in [0.1, 0.15) is 41.5 Å². The molecule has 3 aromatic rings. The Hall–Kier alpha value is -3.33. The van der Waals surface area contributed by atoms with Crippen LogP contribution in [0.4, 0.5) is 11.6 Å². The lowest BCUT2D eigenvalue weighted by Crippen LogP contribution is -2.24. The van der Waals surface area contributed by atoms with Crippen molar-refractivity contribution in [2.24, 2.45) is 5.73 Å². The number of nitrogens with two attached hydrogens (primary N) is 1. The predicted molar refractivity (Wildman–Crippen MR) is 111 cm³/mol. The second-order valence-corrected chi connectivity index (χ2v) is 7.29. The van der Waals surface area contributed by atoms with Crippen molar-refractivity contribution < 1.29 is 4.79 Å². The van der Waals surface area contributed by atoms with E-state index in [0.717, 1.165) is 17.8 Å². The molecule has 4 heterocycles. The number of amides is 1. The van der Waals surface area contributed by atoms with E-state index in [1.54, 1.807) is 11.2 Å². The molecule has 0 radical (unpaired) electrons. The highest BCUT2D eigenvalue weighted by atomic mass is 16.2. The number of rotatable bonds is 5. The maximum Gasteiger partial charge on any atom is 0.260 e. The summed E-state index contributed by atoms with van der Waals surface area (Å²) in [4.78, 5) is 26.1. The number of aromatic nitrogens is 5. The molecule has 1 atom stereocenters. The highest BCUT2D eigenvalue weighted by Gasteiger charge is 2.33. The molecule has 4 rings (SSSR count). The molecule has 0 saturated carbocycles. The first-order valence-corrected chi connectivity index (χ1v) is 9.54. The zero-order valence-electron chi connectivity index (χ0n) is 17.0. The normalized spacial score (nSPS) is 14.2. The number of hydrogen-bond donors (Lipinski definition) is 1. The summed E-state index contributed by atoms with van der Waals surface area (Å²) in [5, 5.41) is 8.13. The summed E-state index contributed by atoms with van der Waals surface area (Å²) >= 11 is 0. The van der Waals surface area contributed by atoms with E-state index in [4.69, 9.17) is 10.7 Å². The van der Waals surface area contributed by atoms with Crippen molar-refractivity contribution in [2.45, 2.75) is 33.0 Å². The quantitative estimate of drug-likeness (QED) is 0.708. The van der Waals surface area contributed by atoms with E-state index in [9.17, 15) is 4.79 Å². The molecule has 150 valence electrons. The fourth-order valence-electron chi connectivity index (χ4n) is 3.48. The van der Waals surface area contributed by atoms with Gasteiger partial charge < -0.3 is 15.2 Å². The molecular formula is C20H24N8O. The van der Waals surface area contributed by atoms with E-state index in [-0.39, 0.29) is 11.9 Å². The van der Waals surface area contributed by atoms with E-state index in [0.29, 0.717) is 35.3 Å². The van der Waals surface area contributed by atoms with Gasteiger partial charge in [-0.15, -0.1) is 10.2 Å². The molecule has 0 spiro atoms. The molecule has 0 saturated heterocycles. The highest BCUT2D eigenvalue weighted by molar-refractivity contribution is 6.10. The minimum absolute atomic E-state index is 0.103. The smallest absolute Gasteiger partial charge is 0.260 e. The van der Waals surface area contributed by atoms with Crippen molar-refractivity contribution in [1.82, 2.24) is 24.7 Å². The van der Waals surface area contributed by atoms with Crippen LogP contribution in [0, 0.1) is 0 Å². The van der Waals surface area contributed by atoms with Crippen molar-refractivity contribution >= 4 is 17.5 Å². The van der Waals surface area contributed by atoms with Crippen LogP contribution < -0.4 is 15.5 Å². The van der Waals surface area contributed by atoms with Gasteiger partial charge in [0, 0.05) is 32.2 Å². The van der Waals surface area contributed by atoms with Crippen molar-refractivity contribution in [2.75, 3.05) is 23.9 Å². The Morgan fingerprint density at radius 3 is 2.76 bits per heavy atom. The van der Waals surface area contributed by atoms with Gasteiger partial charge in [0.2, 0.25) is 0 Å². The highest BCUT2D eigenvalue weighted by Crippen LogP contribution is 2.33. The number of hydrogen-bond acceptors (Lipinski definition) is 7. The van der Waals surface area contributed by atoms with Gasteiger partial charge in [-0.1, -0.05) is 6.07 Å². The Kier molecular flexibility index (Phi) is 4.75. The summed E-state index contributed by atoms with van der Waals surface area (Å²) in [7, 11) is 3.79. The summed E-state index contributed by atoms with van der Waals surface area (Å²) in [5.41, 5.74) is 9.06. The molecule has 0 aliphatic carbocycles. The van der Waals surface area contributed by atoms with E-state index in [1.165, 1.54) is 0 Å². The SMILES string of the molecule is CCn1cnnc1-c1cccc(N2Cc3c(cc(N(C)C)nc3[C@@H](C)N)C2=O)n1. The molecular weight excluding hydrogens is 368 g/mol. The molecule has 1 aliphatic rings. The van der Waals surface area contributed by atoms with Crippen molar-refractivity contribution in [3.8, 4) is 11.5 Å². The number of pyridine rings is 2. The molecule has 2 N–H and O–H groups in total. The van der Waals surface area contributed by atoms with E-state index in [2.05, 4.69) is 15.2 Å². The standard InChI is InChI=1S/C20H24N8O/c1-5-27-11-22-25-19(27)15-7-6-8-16(23-15)28-10-14-13(20(28)29)9-17(26(3)4)24-18(14)12(2)21/h6-9,11-12H,5,10,21H2,1-4H3/t12-/m1/s1. The summed E-state index contributed by atoms with van der Waals surface area (Å²) in [6.45, 7) is 5.02. The third-order valence-corrected chi connectivity index (χ3v) is 5.02. The summed E-state index contributed by atoms with van der Waals surface area (Å²) in [5.74, 6) is 1.85. The third-order valence-electron chi connectivity index (χ3n) is 5.02. The zero-order valence-corrected chi connectivity index (χ0v) is 17.0. The number of anilines is 2. The molecule has 0 unspecified atom stereocenters. The van der Waals surface area contributed by atoms with Gasteiger partial charge in [-0.2, -0.15) is 0 Å². The Morgan fingerprint density at radius 2 is 2.07 bits per heavy atom. The molecule has 0 aromatic carbocycles. The summed E-state index contributed by atoms with van der Waals surface area (Å²) in [6, 6.07) is 7.11. The Bertz CT molecular complexity index is 1070. The predicted octanol–water partition coefficient (Wildman–Crippen LogP) is 2.00. The molecule has 3 aromatic heterocycles. The van der Waals surface area contributed by atoms with Crippen LogP contribution in [-0.2, 0) is 13.1 Å². The van der Waals surface area contributed by atoms with Crippen LogP contribution in [0.2, 0.25) is 0 Å². The first-order valence-electron chi connectivity index (χ1n) is 9.54. The topological polar surface area (TPSA) is 106 Å². The number of carbonyl (C=O) groups is 1. The second kappa shape index (κ2) is 7.25. The van der Waals surface area contributed by atoms with Gasteiger partial charge >= 0.3 is 0 Å². The minimum atomic E-state index is -0.279. The lowest BCUT2D eigenvalue weighted by Gasteiger charge is -2.17. The Labute approximate surface area is 169 Å². The van der Waals surface area contributed by atoms with Crippen LogP contribution in [-0.4, -0.2) is 44.7 Å². The maximum absolute atomic E-state index is 13.2. The molecule has 9 heteroatoms. The van der Waals surface area contributed by atoms with Gasteiger partial charge in [0.15, 0.2) is 5.82 Å². The van der Waals surface area contributed by atoms with Crippen LogP contribution in [0.3, 0.4) is 0 Å². The number of aryl methyl sites for hydroxylation is 1. The van der Waals surface area contributed by atoms with Gasteiger partial charge in [-0.3, -0.25) is 9.69 Å². The van der Waals surface area contributed by atoms with Crippen LogP contribution in [0.15, 0.2) is 30.6 Å². The van der Waals surface area contributed by atoms with Crippen LogP contribution in [0.25, 0.3) is 11.5 Å². The van der Waals surface area contributed by atoms with Gasteiger partial charge in [-0.25, -0.2) is 9.97 Å². The van der Waals surface area contributed by atoms with E-state index in [1.807, 2.05) is 61.7 Å². The largest absolute Gasteiger partial charge is 0.363 e. The summed E-state index contributed by atoms with van der Waals surface area (Å²) in [6.07, 6.45) is 1.67. The second-order valence-electron chi connectivity index (χ2n) is 7.29. The average Bonchev–Trinajstić information content (AvgIpc) is 3.32. The van der Waals surface area contributed by atoms with E-state index >= 15 is 0 Å². The van der Waals surface area contributed by atoms with Crippen molar-refractivity contribution in [3.05, 3.63) is 47.4 Å². The van der Waals surface area contributed by atoms with Gasteiger partial charge in [0.05, 0.1) is 17.8 Å². The molecule has 9 nitrogen and oxygen atoms in total. The van der Waals surface area contributed by atoms with Crippen LogP contribution >= 0.6 is 0 Å². The summed E-state index contributed by atoms with van der Waals surface area (Å²) < 4.78 is 1.91. The van der Waals surface area contributed by atoms with Crippen LogP contribution in [0.5, 0.6) is 0 Å². The molecule has 0 fully saturated rings. The molecule has 1 aliphatic heterocycles. The first-order chi connectivity index (χ1) is 13.9. The maximum atomic E-state index is 13.2. The number of fused-ring (bicyclic) bond motifs is 1. The first kappa shape index (κ1) is 19.0. The third kappa shape index (κ3) is 3.23. The number of carbonyl (C=O) groups excluding carboxylic acids is 1.